The molecule has 0 aromatic carbocycles. The Morgan fingerprint density at radius 1 is 1.65 bits per heavy atom. The fourth-order valence-corrected chi connectivity index (χ4v) is 2.15. The number of aromatic amines is 1. The Morgan fingerprint density at radius 2 is 2.45 bits per heavy atom. The van der Waals surface area contributed by atoms with Gasteiger partial charge in [-0.15, -0.1) is 11.3 Å². The van der Waals surface area contributed by atoms with Gasteiger partial charge < -0.3 is 5.11 Å². The van der Waals surface area contributed by atoms with E-state index in [0.29, 0.717) is 0 Å². The Labute approximate surface area is 122 Å². The lowest BCUT2D eigenvalue weighted by molar-refractivity contribution is -0.136. The van der Waals surface area contributed by atoms with Crippen LogP contribution in [0.25, 0.3) is 0 Å². The predicted octanol–water partition coefficient (Wildman–Crippen LogP) is 1.26. The average Bonchev–Trinajstić information content (AvgIpc) is 2.90. The van der Waals surface area contributed by atoms with E-state index in [1.165, 1.54) is 17.6 Å². The van der Waals surface area contributed by atoms with E-state index in [0.717, 1.165) is 9.55 Å². The second kappa shape index (κ2) is 6.35. The van der Waals surface area contributed by atoms with Crippen LogP contribution in [0.4, 0.5) is 0 Å². The van der Waals surface area contributed by atoms with Gasteiger partial charge in [0.25, 0.3) is 5.56 Å². The molecule has 0 amide bonds. The van der Waals surface area contributed by atoms with E-state index in [9.17, 15) is 9.59 Å². The van der Waals surface area contributed by atoms with Gasteiger partial charge in [0.2, 0.25) is 4.77 Å². The third kappa shape index (κ3) is 3.45. The van der Waals surface area contributed by atoms with E-state index in [1.54, 1.807) is 0 Å². The van der Waals surface area contributed by atoms with Gasteiger partial charge >= 0.3 is 5.97 Å². The molecule has 104 valence electrons. The molecule has 2 aromatic rings. The van der Waals surface area contributed by atoms with Crippen LogP contribution in [0.15, 0.2) is 27.4 Å². The van der Waals surface area contributed by atoms with Crippen molar-refractivity contribution in [1.29, 1.82) is 0 Å². The van der Waals surface area contributed by atoms with Crippen LogP contribution in [0.1, 0.15) is 17.0 Å². The number of aromatic nitrogens is 3. The maximum absolute atomic E-state index is 12.1. The zero-order chi connectivity index (χ0) is 14.5. The molecule has 0 aliphatic carbocycles. The van der Waals surface area contributed by atoms with Crippen LogP contribution in [0, 0.1) is 4.77 Å². The van der Waals surface area contributed by atoms with Crippen LogP contribution in [-0.4, -0.2) is 32.2 Å². The molecule has 0 unspecified atom stereocenters. The van der Waals surface area contributed by atoms with Crippen molar-refractivity contribution in [3.63, 3.8) is 0 Å². The summed E-state index contributed by atoms with van der Waals surface area (Å²) in [6.45, 7) is 0. The lowest BCUT2D eigenvalue weighted by Gasteiger charge is -2.01. The number of nitrogens with one attached hydrogen (secondary N) is 1. The van der Waals surface area contributed by atoms with Gasteiger partial charge in [0.15, 0.2) is 0 Å². The summed E-state index contributed by atoms with van der Waals surface area (Å²) < 4.78 is 1.06. The fourth-order valence-electron chi connectivity index (χ4n) is 1.40. The van der Waals surface area contributed by atoms with E-state index in [2.05, 4.69) is 15.3 Å². The highest BCUT2D eigenvalue weighted by Crippen LogP contribution is 2.04. The third-order valence-corrected chi connectivity index (χ3v) is 3.41. The number of hydrogen-bond acceptors (Lipinski definition) is 6. The standard InChI is InChI=1S/C11H10N4O3S2/c16-9(17)4-3-8-10(18)15(11(19)14-13-8)12-6-7-2-1-5-20-7/h1-2,5-6H,3-4H2,(H,14,19)(H,16,17)/b12-6-. The molecule has 0 atom stereocenters. The van der Waals surface area contributed by atoms with Crippen molar-refractivity contribution in [2.45, 2.75) is 12.8 Å². The number of nitrogens with zero attached hydrogens (tertiary/aromatic N) is 3. The summed E-state index contributed by atoms with van der Waals surface area (Å²) in [7, 11) is 0. The van der Waals surface area contributed by atoms with Crippen molar-refractivity contribution in [3.8, 4) is 0 Å². The molecule has 7 nitrogen and oxygen atoms in total. The molecule has 0 spiro atoms. The van der Waals surface area contributed by atoms with Gasteiger partial charge in [0.05, 0.1) is 12.6 Å². The van der Waals surface area contributed by atoms with Crippen LogP contribution in [-0.2, 0) is 11.2 Å². The van der Waals surface area contributed by atoms with Gasteiger partial charge in [-0.05, 0) is 23.7 Å². The maximum Gasteiger partial charge on any atom is 0.303 e. The Bertz CT molecular complexity index is 746. The van der Waals surface area contributed by atoms with Crippen LogP contribution in [0.5, 0.6) is 0 Å². The summed E-state index contributed by atoms with van der Waals surface area (Å²) in [6.07, 6.45) is 1.35. The first-order valence-corrected chi connectivity index (χ1v) is 6.87. The first kappa shape index (κ1) is 14.3. The van der Waals surface area contributed by atoms with Crippen molar-refractivity contribution in [2.75, 3.05) is 0 Å². The molecule has 20 heavy (non-hydrogen) atoms. The van der Waals surface area contributed by atoms with Gasteiger partial charge in [-0.2, -0.15) is 14.9 Å². The summed E-state index contributed by atoms with van der Waals surface area (Å²) in [4.78, 5) is 23.5. The van der Waals surface area contributed by atoms with E-state index < -0.39 is 11.5 Å². The second-order valence-corrected chi connectivity index (χ2v) is 5.11. The van der Waals surface area contributed by atoms with Gasteiger partial charge in [-0.25, -0.2) is 0 Å². The Balaban J connectivity index is 2.32. The minimum Gasteiger partial charge on any atom is -0.481 e. The summed E-state index contributed by atoms with van der Waals surface area (Å²) in [5.74, 6) is -0.998. The van der Waals surface area contributed by atoms with Gasteiger partial charge in [-0.3, -0.25) is 14.7 Å². The molecule has 0 aliphatic heterocycles. The molecule has 9 heteroatoms. The lowest BCUT2D eigenvalue weighted by atomic mass is 10.2. The zero-order valence-electron chi connectivity index (χ0n) is 10.1. The minimum absolute atomic E-state index is 0.0226. The average molecular weight is 310 g/mol. The van der Waals surface area contributed by atoms with Gasteiger partial charge in [0.1, 0.15) is 5.69 Å². The Kier molecular flexibility index (Phi) is 4.53. The number of rotatable bonds is 5. The maximum atomic E-state index is 12.1. The molecule has 0 saturated heterocycles. The van der Waals surface area contributed by atoms with Crippen molar-refractivity contribution in [1.82, 2.24) is 14.9 Å². The SMILES string of the molecule is O=C(O)CCc1n[nH]c(=S)n(/N=C\c2cccs2)c1=O. The molecule has 2 heterocycles. The summed E-state index contributed by atoms with van der Waals surface area (Å²) >= 11 is 6.42. The number of aliphatic carboxylic acids is 1. The van der Waals surface area contributed by atoms with E-state index in [1.807, 2.05) is 17.5 Å². The largest absolute Gasteiger partial charge is 0.481 e. The van der Waals surface area contributed by atoms with E-state index in [-0.39, 0.29) is 23.3 Å². The monoisotopic (exact) mass is 310 g/mol. The molecule has 0 bridgehead atoms. The molecule has 0 aliphatic rings. The first-order chi connectivity index (χ1) is 9.58. The fraction of sp³-hybridized carbons (Fsp3) is 0.182. The molecule has 2 N–H and O–H groups in total. The number of carboxylic acids is 1. The Hall–Kier alpha value is -2.13. The highest BCUT2D eigenvalue weighted by Gasteiger charge is 2.08. The molecular weight excluding hydrogens is 300 g/mol. The van der Waals surface area contributed by atoms with Crippen molar-refractivity contribution >= 4 is 35.7 Å². The summed E-state index contributed by atoms with van der Waals surface area (Å²) in [5, 5.41) is 20.8. The quantitative estimate of drug-likeness (QED) is 0.639. The van der Waals surface area contributed by atoms with Crippen molar-refractivity contribution < 1.29 is 9.90 Å². The normalized spacial score (nSPS) is 11.0. The molecule has 0 radical (unpaired) electrons. The highest BCUT2D eigenvalue weighted by molar-refractivity contribution is 7.71. The minimum atomic E-state index is -0.998. The zero-order valence-corrected chi connectivity index (χ0v) is 11.8. The second-order valence-electron chi connectivity index (χ2n) is 3.75. The van der Waals surface area contributed by atoms with E-state index >= 15 is 0 Å². The molecule has 2 rings (SSSR count). The van der Waals surface area contributed by atoms with Gasteiger partial charge in [-0.1, -0.05) is 6.07 Å². The number of hydrogen-bond donors (Lipinski definition) is 2. The topological polar surface area (TPSA) is 100 Å². The smallest absolute Gasteiger partial charge is 0.303 e. The lowest BCUT2D eigenvalue weighted by Crippen LogP contribution is -2.25. The van der Waals surface area contributed by atoms with Crippen LogP contribution < -0.4 is 5.56 Å². The van der Waals surface area contributed by atoms with Gasteiger partial charge in [0, 0.05) is 11.3 Å². The number of aryl methyl sites for hydroxylation is 1. The number of thiophene rings is 1. The van der Waals surface area contributed by atoms with E-state index in [4.69, 9.17) is 17.3 Å². The third-order valence-electron chi connectivity index (χ3n) is 2.34. The molecule has 0 fully saturated rings. The van der Waals surface area contributed by atoms with Crippen LogP contribution in [0.3, 0.4) is 0 Å². The number of carboxylic acid groups (broad SMARTS) is 1. The van der Waals surface area contributed by atoms with Crippen molar-refractivity contribution in [3.05, 3.63) is 43.2 Å². The first-order valence-electron chi connectivity index (χ1n) is 5.58. The predicted molar refractivity (Wildman–Crippen MR) is 76.9 cm³/mol. The molecule has 0 saturated carbocycles. The Morgan fingerprint density at radius 3 is 3.10 bits per heavy atom. The number of carbonyl (C=O) groups is 1. The number of H-pyrrole nitrogens is 1. The van der Waals surface area contributed by atoms with Crippen LogP contribution >= 0.6 is 23.6 Å². The highest BCUT2D eigenvalue weighted by atomic mass is 32.1. The molecular formula is C11H10N4O3S2. The van der Waals surface area contributed by atoms with Crippen molar-refractivity contribution in [2.24, 2.45) is 5.10 Å². The molecule has 2 aromatic heterocycles. The van der Waals surface area contributed by atoms with Crippen LogP contribution in [0.2, 0.25) is 0 Å². The summed E-state index contributed by atoms with van der Waals surface area (Å²) in [5.41, 5.74) is -0.424. The summed E-state index contributed by atoms with van der Waals surface area (Å²) in [6, 6.07) is 3.71.